The lowest BCUT2D eigenvalue weighted by atomic mass is 9.75. The first-order chi connectivity index (χ1) is 7.18. The van der Waals surface area contributed by atoms with E-state index in [9.17, 15) is 4.79 Å². The highest BCUT2D eigenvalue weighted by molar-refractivity contribution is 5.87. The molecule has 0 aromatic carbocycles. The van der Waals surface area contributed by atoms with Crippen LogP contribution in [0.25, 0.3) is 0 Å². The molecule has 15 heavy (non-hydrogen) atoms. The van der Waals surface area contributed by atoms with Crippen molar-refractivity contribution >= 4 is 5.78 Å². The highest BCUT2D eigenvalue weighted by atomic mass is 16.1. The number of nitrogens with zero attached hydrogens (tertiary/aromatic N) is 1. The van der Waals surface area contributed by atoms with Crippen LogP contribution in [0.1, 0.15) is 25.7 Å². The Morgan fingerprint density at radius 2 is 1.93 bits per heavy atom. The van der Waals surface area contributed by atoms with Crippen molar-refractivity contribution in [2.75, 3.05) is 20.6 Å². The first kappa shape index (κ1) is 9.83. The molecule has 5 atom stereocenters. The molecule has 0 N–H and O–H groups in total. The lowest BCUT2D eigenvalue weighted by molar-refractivity contribution is -0.129. The third kappa shape index (κ3) is 1.30. The molecular formula is C13H21NO. The normalized spacial score (nSPS) is 47.9. The molecule has 0 aliphatic heterocycles. The van der Waals surface area contributed by atoms with Gasteiger partial charge in [-0.15, -0.1) is 0 Å². The predicted octanol–water partition coefficient (Wildman–Crippen LogP) is 1.80. The van der Waals surface area contributed by atoms with E-state index in [2.05, 4.69) is 19.0 Å². The van der Waals surface area contributed by atoms with Gasteiger partial charge in [-0.3, -0.25) is 4.79 Å². The average Bonchev–Trinajstić information content (AvgIpc) is 2.77. The molecule has 3 rings (SSSR count). The molecule has 3 saturated carbocycles. The summed E-state index contributed by atoms with van der Waals surface area (Å²) >= 11 is 0. The van der Waals surface area contributed by atoms with E-state index in [0.717, 1.165) is 24.3 Å². The Morgan fingerprint density at radius 1 is 1.20 bits per heavy atom. The summed E-state index contributed by atoms with van der Waals surface area (Å²) in [5.41, 5.74) is 0. The first-order valence-corrected chi connectivity index (χ1v) is 6.37. The van der Waals surface area contributed by atoms with E-state index in [0.29, 0.717) is 17.6 Å². The van der Waals surface area contributed by atoms with Crippen LogP contribution in [0.5, 0.6) is 0 Å². The van der Waals surface area contributed by atoms with E-state index in [1.165, 1.54) is 25.7 Å². The topological polar surface area (TPSA) is 20.3 Å². The second kappa shape index (κ2) is 3.31. The summed E-state index contributed by atoms with van der Waals surface area (Å²) in [5, 5.41) is 0. The predicted molar refractivity (Wildman–Crippen MR) is 59.5 cm³/mol. The van der Waals surface area contributed by atoms with Gasteiger partial charge in [0.2, 0.25) is 0 Å². The number of carbonyl (C=O) groups excluding carboxylic acids is 1. The molecule has 0 aromatic rings. The highest BCUT2D eigenvalue weighted by Crippen LogP contribution is 2.59. The Labute approximate surface area is 92.0 Å². The van der Waals surface area contributed by atoms with Crippen LogP contribution in [-0.4, -0.2) is 31.3 Å². The van der Waals surface area contributed by atoms with Gasteiger partial charge in [0.1, 0.15) is 5.78 Å². The molecule has 0 aromatic heterocycles. The van der Waals surface area contributed by atoms with Crippen molar-refractivity contribution in [1.82, 2.24) is 4.90 Å². The molecule has 0 heterocycles. The van der Waals surface area contributed by atoms with Crippen molar-refractivity contribution in [3.63, 3.8) is 0 Å². The molecule has 3 aliphatic carbocycles. The van der Waals surface area contributed by atoms with Crippen LogP contribution < -0.4 is 0 Å². The molecule has 0 amide bonds. The van der Waals surface area contributed by atoms with Crippen LogP contribution in [0.3, 0.4) is 0 Å². The molecule has 2 heteroatoms. The monoisotopic (exact) mass is 207 g/mol. The minimum Gasteiger partial charge on any atom is -0.309 e. The second-order valence-electron chi connectivity index (χ2n) is 6.04. The largest absolute Gasteiger partial charge is 0.309 e. The van der Waals surface area contributed by atoms with Crippen molar-refractivity contribution < 1.29 is 4.79 Å². The van der Waals surface area contributed by atoms with E-state index in [1.54, 1.807) is 0 Å². The lowest BCUT2D eigenvalue weighted by Crippen LogP contribution is -2.38. The van der Waals surface area contributed by atoms with Crippen molar-refractivity contribution in [1.29, 1.82) is 0 Å². The van der Waals surface area contributed by atoms with E-state index in [4.69, 9.17) is 0 Å². The average molecular weight is 207 g/mol. The Hall–Kier alpha value is -0.370. The first-order valence-electron chi connectivity index (χ1n) is 6.37. The summed E-state index contributed by atoms with van der Waals surface area (Å²) in [7, 11) is 4.18. The van der Waals surface area contributed by atoms with Crippen LogP contribution in [-0.2, 0) is 4.79 Å². The maximum Gasteiger partial charge on any atom is 0.140 e. The minimum absolute atomic E-state index is 0.379. The van der Waals surface area contributed by atoms with Crippen LogP contribution in [0.15, 0.2) is 0 Å². The Morgan fingerprint density at radius 3 is 2.67 bits per heavy atom. The van der Waals surface area contributed by atoms with Gasteiger partial charge in [-0.1, -0.05) is 6.42 Å². The zero-order valence-electron chi connectivity index (χ0n) is 9.78. The number of hydrogen-bond donors (Lipinski definition) is 0. The number of Topliss-reactive ketones (excluding diaryl/α,β-unsaturated/α-hetero) is 1. The number of carbonyl (C=O) groups is 1. The highest BCUT2D eigenvalue weighted by Gasteiger charge is 2.58. The smallest absolute Gasteiger partial charge is 0.140 e. The molecular weight excluding hydrogens is 186 g/mol. The summed E-state index contributed by atoms with van der Waals surface area (Å²) in [4.78, 5) is 14.4. The SMILES string of the molecule is CN(C)C[C@@H]1C(=O)C2CC1[C@H]1CCCC21. The third-order valence-electron chi connectivity index (χ3n) is 5.03. The maximum atomic E-state index is 12.2. The Kier molecular flexibility index (Phi) is 2.17. The number of rotatable bonds is 2. The van der Waals surface area contributed by atoms with Crippen LogP contribution >= 0.6 is 0 Å². The van der Waals surface area contributed by atoms with E-state index >= 15 is 0 Å². The van der Waals surface area contributed by atoms with Gasteiger partial charge in [0.15, 0.2) is 0 Å². The van der Waals surface area contributed by atoms with Crippen molar-refractivity contribution in [2.24, 2.45) is 29.6 Å². The van der Waals surface area contributed by atoms with Gasteiger partial charge in [0, 0.05) is 18.4 Å². The van der Waals surface area contributed by atoms with Crippen molar-refractivity contribution in [3.05, 3.63) is 0 Å². The molecule has 2 bridgehead atoms. The fourth-order valence-electron chi connectivity index (χ4n) is 4.59. The number of ketones is 1. The number of fused-ring (bicyclic) bond motifs is 5. The van der Waals surface area contributed by atoms with Gasteiger partial charge < -0.3 is 4.90 Å². The van der Waals surface area contributed by atoms with Crippen LogP contribution in [0.2, 0.25) is 0 Å². The Balaban J connectivity index is 1.81. The van der Waals surface area contributed by atoms with E-state index in [1.807, 2.05) is 0 Å². The zero-order chi connectivity index (χ0) is 10.6. The maximum absolute atomic E-state index is 12.2. The summed E-state index contributed by atoms with van der Waals surface area (Å²) < 4.78 is 0. The summed E-state index contributed by atoms with van der Waals surface area (Å²) in [6.45, 7) is 0.989. The zero-order valence-corrected chi connectivity index (χ0v) is 9.78. The summed E-state index contributed by atoms with van der Waals surface area (Å²) in [6, 6.07) is 0. The van der Waals surface area contributed by atoms with Gasteiger partial charge in [-0.25, -0.2) is 0 Å². The van der Waals surface area contributed by atoms with Gasteiger partial charge in [-0.2, -0.15) is 0 Å². The minimum atomic E-state index is 0.379. The number of hydrogen-bond acceptors (Lipinski definition) is 2. The molecule has 3 aliphatic rings. The molecule has 0 radical (unpaired) electrons. The molecule has 0 spiro atoms. The molecule has 2 nitrogen and oxygen atoms in total. The standard InChI is InChI=1S/C13H21NO/c1-14(2)7-12-10-6-11(13(12)15)9-5-3-4-8(9)10/h8-12H,3-7H2,1-2H3/t8-,9?,10?,11?,12-/m0/s1. The second-order valence-corrected chi connectivity index (χ2v) is 6.04. The molecule has 3 fully saturated rings. The molecule has 84 valence electrons. The van der Waals surface area contributed by atoms with E-state index < -0.39 is 0 Å². The van der Waals surface area contributed by atoms with Gasteiger partial charge >= 0.3 is 0 Å². The molecule has 0 saturated heterocycles. The fourth-order valence-corrected chi connectivity index (χ4v) is 4.59. The van der Waals surface area contributed by atoms with Crippen molar-refractivity contribution in [3.8, 4) is 0 Å². The van der Waals surface area contributed by atoms with Gasteiger partial charge in [0.05, 0.1) is 0 Å². The summed E-state index contributed by atoms with van der Waals surface area (Å²) in [6.07, 6.45) is 5.35. The summed E-state index contributed by atoms with van der Waals surface area (Å²) in [5.74, 6) is 3.91. The fraction of sp³-hybridized carbons (Fsp3) is 0.923. The van der Waals surface area contributed by atoms with Crippen molar-refractivity contribution in [2.45, 2.75) is 25.7 Å². The van der Waals surface area contributed by atoms with Gasteiger partial charge in [-0.05, 0) is 51.1 Å². The van der Waals surface area contributed by atoms with Gasteiger partial charge in [0.25, 0.3) is 0 Å². The van der Waals surface area contributed by atoms with Crippen LogP contribution in [0, 0.1) is 29.6 Å². The quantitative estimate of drug-likeness (QED) is 0.688. The molecule has 3 unspecified atom stereocenters. The third-order valence-corrected chi connectivity index (χ3v) is 5.03. The van der Waals surface area contributed by atoms with Crippen LogP contribution in [0.4, 0.5) is 0 Å². The van der Waals surface area contributed by atoms with E-state index in [-0.39, 0.29) is 0 Å². The Bertz CT molecular complexity index is 286. The lowest BCUT2D eigenvalue weighted by Gasteiger charge is -2.31.